The monoisotopic (exact) mass is 388 g/mol. The average molecular weight is 388 g/mol. The average Bonchev–Trinajstić information content (AvgIpc) is 3.30. The van der Waals surface area contributed by atoms with Crippen LogP contribution in [0, 0.1) is 0 Å². The van der Waals surface area contributed by atoms with Gasteiger partial charge in [0.05, 0.1) is 25.4 Å². The molecule has 2 N–H and O–H groups in total. The van der Waals surface area contributed by atoms with E-state index in [1.165, 1.54) is 21.8 Å². The molecule has 0 saturated heterocycles. The van der Waals surface area contributed by atoms with Crippen molar-refractivity contribution in [1.29, 1.82) is 0 Å². The summed E-state index contributed by atoms with van der Waals surface area (Å²) in [5.74, 6) is -1.28. The van der Waals surface area contributed by atoms with Crippen molar-refractivity contribution < 1.29 is 19.1 Å². The van der Waals surface area contributed by atoms with Gasteiger partial charge in [0.25, 0.3) is 0 Å². The lowest BCUT2D eigenvalue weighted by Gasteiger charge is -2.07. The molecule has 0 aliphatic carbocycles. The molecule has 3 rings (SSSR count). The van der Waals surface area contributed by atoms with E-state index in [9.17, 15) is 14.0 Å². The van der Waals surface area contributed by atoms with Crippen molar-refractivity contribution >= 4 is 17.7 Å². The van der Waals surface area contributed by atoms with Crippen LogP contribution < -0.4 is 5.32 Å². The summed E-state index contributed by atoms with van der Waals surface area (Å²) in [6, 6.07) is 5.28. The van der Waals surface area contributed by atoms with Crippen molar-refractivity contribution in [3.8, 4) is 0 Å². The van der Waals surface area contributed by atoms with Crippen molar-refractivity contribution in [2.75, 3.05) is 5.32 Å². The summed E-state index contributed by atoms with van der Waals surface area (Å²) >= 11 is 0. The Morgan fingerprint density at radius 3 is 2.71 bits per heavy atom. The van der Waals surface area contributed by atoms with Crippen LogP contribution in [0.2, 0.25) is 0 Å². The van der Waals surface area contributed by atoms with Gasteiger partial charge in [0, 0.05) is 24.9 Å². The molecule has 0 bridgehead atoms. The number of aromatic nitrogens is 7. The predicted molar refractivity (Wildman–Crippen MR) is 93.1 cm³/mol. The highest BCUT2D eigenvalue weighted by atomic mass is 19.1. The number of carbonyl (C=O) groups is 2. The zero-order chi connectivity index (χ0) is 19.9. The molecule has 1 unspecified atom stereocenters. The molecule has 0 fully saturated rings. The number of nitrogens with zero attached hydrogens (tertiary/aromatic N) is 7. The fourth-order valence-electron chi connectivity index (χ4n) is 2.37. The molecule has 0 aliphatic heterocycles. The van der Waals surface area contributed by atoms with Gasteiger partial charge in [-0.05, 0) is 12.1 Å². The summed E-state index contributed by atoms with van der Waals surface area (Å²) in [5, 5.41) is 26.0. The van der Waals surface area contributed by atoms with Crippen LogP contribution in [0.4, 0.5) is 10.2 Å². The number of carboxylic acids is 1. The molecule has 0 aliphatic rings. The zero-order valence-corrected chi connectivity index (χ0v) is 14.6. The number of carboxylic acid groups (broad SMARTS) is 1. The molecule has 0 saturated carbocycles. The molecule has 28 heavy (non-hydrogen) atoms. The van der Waals surface area contributed by atoms with Crippen LogP contribution in [-0.2, 0) is 24.3 Å². The van der Waals surface area contributed by atoms with Crippen molar-refractivity contribution in [1.82, 2.24) is 35.0 Å². The van der Waals surface area contributed by atoms with Crippen molar-refractivity contribution in [3.05, 3.63) is 48.2 Å². The standard InChI is InChI=1S/C16H17FN8O3/c17-11(4-6-24-9-13(16(27)28)20-22-24)8-25-10-14(21-23-25)19-15(26)7-12-3-1-2-5-18-12/h1-3,5,9-11H,4,6-8H2,(H,19,26)(H,27,28). The largest absolute Gasteiger partial charge is 0.476 e. The number of aryl methyl sites for hydroxylation is 1. The molecule has 0 aromatic carbocycles. The van der Waals surface area contributed by atoms with Crippen LogP contribution in [0.1, 0.15) is 22.6 Å². The second kappa shape index (κ2) is 8.79. The Kier molecular flexibility index (Phi) is 5.99. The Labute approximate surface area is 158 Å². The molecule has 1 amide bonds. The number of halogens is 1. The molecule has 3 aromatic rings. The lowest BCUT2D eigenvalue weighted by molar-refractivity contribution is -0.115. The van der Waals surface area contributed by atoms with E-state index in [0.29, 0.717) is 5.69 Å². The number of rotatable bonds is 9. The van der Waals surface area contributed by atoms with Gasteiger partial charge < -0.3 is 10.4 Å². The van der Waals surface area contributed by atoms with Gasteiger partial charge in [-0.3, -0.25) is 14.5 Å². The fourth-order valence-corrected chi connectivity index (χ4v) is 2.37. The molecule has 0 spiro atoms. The maximum absolute atomic E-state index is 14.1. The van der Waals surface area contributed by atoms with Crippen LogP contribution in [0.5, 0.6) is 0 Å². The number of hydrogen-bond donors (Lipinski definition) is 2. The first-order valence-electron chi connectivity index (χ1n) is 8.37. The van der Waals surface area contributed by atoms with Gasteiger partial charge >= 0.3 is 5.97 Å². The first-order chi connectivity index (χ1) is 13.5. The third-order valence-corrected chi connectivity index (χ3v) is 3.69. The molecule has 3 heterocycles. The third kappa shape index (κ3) is 5.40. The second-order valence-electron chi connectivity index (χ2n) is 5.93. The van der Waals surface area contributed by atoms with Crippen LogP contribution in [0.25, 0.3) is 0 Å². The number of anilines is 1. The van der Waals surface area contributed by atoms with Crippen LogP contribution in [0.3, 0.4) is 0 Å². The number of aromatic carboxylic acids is 1. The molecular weight excluding hydrogens is 371 g/mol. The number of alkyl halides is 1. The maximum Gasteiger partial charge on any atom is 0.358 e. The number of hydrogen-bond acceptors (Lipinski definition) is 7. The number of nitrogens with one attached hydrogen (secondary N) is 1. The van der Waals surface area contributed by atoms with E-state index in [0.717, 1.165) is 0 Å². The van der Waals surface area contributed by atoms with E-state index >= 15 is 0 Å². The summed E-state index contributed by atoms with van der Waals surface area (Å²) < 4.78 is 16.7. The predicted octanol–water partition coefficient (Wildman–Crippen LogP) is 0.572. The van der Waals surface area contributed by atoms with E-state index in [1.807, 2.05) is 0 Å². The lowest BCUT2D eigenvalue weighted by Crippen LogP contribution is -2.16. The maximum atomic E-state index is 14.1. The molecule has 12 heteroatoms. The summed E-state index contributed by atoms with van der Waals surface area (Å²) in [7, 11) is 0. The van der Waals surface area contributed by atoms with Crippen LogP contribution in [0.15, 0.2) is 36.8 Å². The van der Waals surface area contributed by atoms with Gasteiger partial charge in [-0.25, -0.2) is 13.9 Å². The zero-order valence-electron chi connectivity index (χ0n) is 14.6. The van der Waals surface area contributed by atoms with Crippen LogP contribution >= 0.6 is 0 Å². The molecule has 3 aromatic heterocycles. The number of carbonyl (C=O) groups excluding carboxylic acids is 1. The quantitative estimate of drug-likeness (QED) is 0.542. The van der Waals surface area contributed by atoms with Crippen molar-refractivity contribution in [2.45, 2.75) is 32.1 Å². The molecule has 1 atom stereocenters. The lowest BCUT2D eigenvalue weighted by atomic mass is 10.2. The molecule has 11 nitrogen and oxygen atoms in total. The van der Waals surface area contributed by atoms with E-state index < -0.39 is 12.1 Å². The van der Waals surface area contributed by atoms with Gasteiger partial charge in [0.15, 0.2) is 11.5 Å². The van der Waals surface area contributed by atoms with E-state index in [1.54, 1.807) is 24.4 Å². The topological polar surface area (TPSA) is 141 Å². The Morgan fingerprint density at radius 2 is 2.00 bits per heavy atom. The summed E-state index contributed by atoms with van der Waals surface area (Å²) in [4.78, 5) is 26.8. The minimum absolute atomic E-state index is 0.0659. The molecule has 0 radical (unpaired) electrons. The van der Waals surface area contributed by atoms with Gasteiger partial charge in [0.1, 0.15) is 6.17 Å². The van der Waals surface area contributed by atoms with Crippen molar-refractivity contribution in [3.63, 3.8) is 0 Å². The Balaban J connectivity index is 1.45. The van der Waals surface area contributed by atoms with Crippen LogP contribution in [-0.4, -0.2) is 58.1 Å². The first-order valence-corrected chi connectivity index (χ1v) is 8.37. The SMILES string of the molecule is O=C(Cc1ccccn1)Nc1cn(CC(F)CCn2cc(C(=O)O)nn2)nn1. The van der Waals surface area contributed by atoms with Gasteiger partial charge in [-0.15, -0.1) is 10.2 Å². The van der Waals surface area contributed by atoms with Crippen molar-refractivity contribution in [2.24, 2.45) is 0 Å². The minimum Gasteiger partial charge on any atom is -0.476 e. The van der Waals surface area contributed by atoms with E-state index in [2.05, 4.69) is 30.9 Å². The Bertz CT molecular complexity index is 942. The Morgan fingerprint density at radius 1 is 1.18 bits per heavy atom. The molecule has 146 valence electrons. The third-order valence-electron chi connectivity index (χ3n) is 3.69. The molecular formula is C16H17FN8O3. The Hall–Kier alpha value is -3.70. The van der Waals surface area contributed by atoms with E-state index in [4.69, 9.17) is 5.11 Å². The summed E-state index contributed by atoms with van der Waals surface area (Å²) in [6.07, 6.45) is 3.18. The highest BCUT2D eigenvalue weighted by molar-refractivity contribution is 5.90. The smallest absolute Gasteiger partial charge is 0.358 e. The number of pyridine rings is 1. The van der Waals surface area contributed by atoms with Gasteiger partial charge in [-0.2, -0.15) is 0 Å². The summed E-state index contributed by atoms with van der Waals surface area (Å²) in [6.45, 7) is 0.105. The highest BCUT2D eigenvalue weighted by Gasteiger charge is 2.13. The fraction of sp³-hybridized carbons (Fsp3) is 0.312. The highest BCUT2D eigenvalue weighted by Crippen LogP contribution is 2.07. The normalized spacial score (nSPS) is 11.9. The minimum atomic E-state index is -1.27. The number of amides is 1. The van der Waals surface area contributed by atoms with Gasteiger partial charge in [0.2, 0.25) is 5.91 Å². The summed E-state index contributed by atoms with van der Waals surface area (Å²) in [5.41, 5.74) is 0.424. The van der Waals surface area contributed by atoms with Gasteiger partial charge in [-0.1, -0.05) is 16.5 Å². The first kappa shape index (κ1) is 19.1. The van der Waals surface area contributed by atoms with E-state index in [-0.39, 0.29) is 43.4 Å². The second-order valence-corrected chi connectivity index (χ2v) is 5.93.